The second-order valence-corrected chi connectivity index (χ2v) is 6.13. The van der Waals surface area contributed by atoms with E-state index in [-0.39, 0.29) is 23.2 Å². The molecule has 0 spiro atoms. The normalized spacial score (nSPS) is 29.7. The monoisotopic (exact) mass is 328 g/mol. The Labute approximate surface area is 120 Å². The van der Waals surface area contributed by atoms with Gasteiger partial charge in [0.25, 0.3) is 5.69 Å². The zero-order valence-corrected chi connectivity index (χ0v) is 12.5. The maximum absolute atomic E-state index is 10.8. The van der Waals surface area contributed by atoms with E-state index in [9.17, 15) is 10.1 Å². The number of nitrogens with zero attached hydrogens (tertiary/aromatic N) is 1. The second-order valence-electron chi connectivity index (χ2n) is 5.21. The molecular weight excluding hydrogens is 312 g/mol. The van der Waals surface area contributed by atoms with Crippen molar-refractivity contribution in [3.63, 3.8) is 0 Å². The summed E-state index contributed by atoms with van der Waals surface area (Å²) in [6.07, 6.45) is 1.72. The van der Waals surface area contributed by atoms with Crippen LogP contribution in [0, 0.1) is 15.5 Å². The van der Waals surface area contributed by atoms with Crippen LogP contribution >= 0.6 is 15.9 Å². The van der Waals surface area contributed by atoms with E-state index >= 15 is 0 Å². The number of nitro groups is 1. The maximum Gasteiger partial charge on any atom is 0.274 e. The van der Waals surface area contributed by atoms with E-state index in [1.807, 2.05) is 0 Å². The summed E-state index contributed by atoms with van der Waals surface area (Å²) in [5.41, 5.74) is 5.98. The lowest BCUT2D eigenvalue weighted by Gasteiger charge is -2.51. The third-order valence-corrected chi connectivity index (χ3v) is 4.62. The molecule has 0 heterocycles. The summed E-state index contributed by atoms with van der Waals surface area (Å²) in [7, 11) is 0. The van der Waals surface area contributed by atoms with Gasteiger partial charge in [-0.15, -0.1) is 0 Å². The second kappa shape index (κ2) is 5.09. The number of nitrogens with two attached hydrogens (primary N) is 1. The van der Waals surface area contributed by atoms with E-state index in [0.717, 1.165) is 12.8 Å². The van der Waals surface area contributed by atoms with Gasteiger partial charge in [0.15, 0.2) is 0 Å². The Morgan fingerprint density at radius 2 is 2.26 bits per heavy atom. The van der Waals surface area contributed by atoms with Crippen LogP contribution in [0.4, 0.5) is 5.69 Å². The zero-order valence-electron chi connectivity index (χ0n) is 10.9. The van der Waals surface area contributed by atoms with Crippen molar-refractivity contribution in [3.05, 3.63) is 32.8 Å². The van der Waals surface area contributed by atoms with E-state index in [4.69, 9.17) is 10.5 Å². The van der Waals surface area contributed by atoms with E-state index in [1.54, 1.807) is 6.07 Å². The number of ether oxygens (including phenoxy) is 1. The molecule has 1 aromatic carbocycles. The van der Waals surface area contributed by atoms with Crippen molar-refractivity contribution in [1.82, 2.24) is 0 Å². The van der Waals surface area contributed by atoms with E-state index in [0.29, 0.717) is 10.2 Å². The summed E-state index contributed by atoms with van der Waals surface area (Å²) in [6, 6.07) is 4.78. The molecule has 6 heteroatoms. The van der Waals surface area contributed by atoms with Crippen LogP contribution in [0.1, 0.15) is 26.7 Å². The molecule has 19 heavy (non-hydrogen) atoms. The molecule has 1 aliphatic rings. The van der Waals surface area contributed by atoms with Crippen LogP contribution < -0.4 is 10.5 Å². The number of hydrogen-bond donors (Lipinski definition) is 1. The molecule has 104 valence electrons. The predicted molar refractivity (Wildman–Crippen MR) is 76.2 cm³/mol. The van der Waals surface area contributed by atoms with Crippen molar-refractivity contribution in [3.8, 4) is 5.75 Å². The standard InChI is InChI=1S/C13H17BrN2O3/c1-3-13(2)11(15)7-12(13)19-10-5-8(14)4-9(6-10)16(17)18/h4-6,11-12H,3,7,15H2,1-2H3. The fourth-order valence-corrected chi connectivity index (χ4v) is 2.87. The van der Waals surface area contributed by atoms with Crippen LogP contribution in [0.2, 0.25) is 0 Å². The first kappa shape index (κ1) is 14.3. The fourth-order valence-electron chi connectivity index (χ4n) is 2.41. The minimum atomic E-state index is -0.427. The van der Waals surface area contributed by atoms with Crippen molar-refractivity contribution in [2.24, 2.45) is 11.1 Å². The molecule has 5 nitrogen and oxygen atoms in total. The number of nitro benzene ring substituents is 1. The Kier molecular flexibility index (Phi) is 3.82. The minimum Gasteiger partial charge on any atom is -0.489 e. The lowest BCUT2D eigenvalue weighted by Crippen LogP contribution is -2.61. The average molecular weight is 329 g/mol. The topological polar surface area (TPSA) is 78.4 Å². The van der Waals surface area contributed by atoms with Crippen LogP contribution in [-0.4, -0.2) is 17.1 Å². The highest BCUT2D eigenvalue weighted by molar-refractivity contribution is 9.10. The summed E-state index contributed by atoms with van der Waals surface area (Å²) >= 11 is 3.26. The fraction of sp³-hybridized carbons (Fsp3) is 0.538. The van der Waals surface area contributed by atoms with Crippen LogP contribution in [0.15, 0.2) is 22.7 Å². The zero-order chi connectivity index (χ0) is 14.2. The molecule has 3 unspecified atom stereocenters. The third-order valence-electron chi connectivity index (χ3n) is 4.16. The lowest BCUT2D eigenvalue weighted by atomic mass is 9.62. The van der Waals surface area contributed by atoms with Gasteiger partial charge in [-0.1, -0.05) is 29.8 Å². The van der Waals surface area contributed by atoms with Gasteiger partial charge in [0, 0.05) is 28.4 Å². The van der Waals surface area contributed by atoms with Gasteiger partial charge in [-0.05, 0) is 12.5 Å². The molecule has 0 aromatic heterocycles. The molecule has 0 bridgehead atoms. The largest absolute Gasteiger partial charge is 0.489 e. The highest BCUT2D eigenvalue weighted by Gasteiger charge is 2.50. The highest BCUT2D eigenvalue weighted by atomic mass is 79.9. The van der Waals surface area contributed by atoms with Gasteiger partial charge in [0.2, 0.25) is 0 Å². The average Bonchev–Trinajstić information content (AvgIpc) is 2.36. The number of non-ortho nitro benzene ring substituents is 1. The van der Waals surface area contributed by atoms with Gasteiger partial charge < -0.3 is 10.5 Å². The van der Waals surface area contributed by atoms with Gasteiger partial charge in [0.1, 0.15) is 11.9 Å². The minimum absolute atomic E-state index is 0.0152. The Morgan fingerprint density at radius 3 is 2.79 bits per heavy atom. The van der Waals surface area contributed by atoms with Crippen molar-refractivity contribution >= 4 is 21.6 Å². The van der Waals surface area contributed by atoms with Crippen molar-refractivity contribution in [2.75, 3.05) is 0 Å². The first-order valence-corrected chi connectivity index (χ1v) is 7.03. The van der Waals surface area contributed by atoms with E-state index < -0.39 is 4.92 Å². The molecule has 1 saturated carbocycles. The Bertz CT molecular complexity index is 509. The molecule has 1 aromatic rings. The van der Waals surface area contributed by atoms with Gasteiger partial charge in [0.05, 0.1) is 11.0 Å². The Morgan fingerprint density at radius 1 is 1.58 bits per heavy atom. The number of rotatable bonds is 4. The summed E-state index contributed by atoms with van der Waals surface area (Å²) in [4.78, 5) is 10.4. The smallest absolute Gasteiger partial charge is 0.274 e. The van der Waals surface area contributed by atoms with Crippen LogP contribution in [0.3, 0.4) is 0 Å². The Hall–Kier alpha value is -1.14. The highest BCUT2D eigenvalue weighted by Crippen LogP contribution is 2.45. The summed E-state index contributed by atoms with van der Waals surface area (Å²) in [6.45, 7) is 4.18. The predicted octanol–water partition coefficient (Wildman–Crippen LogP) is 3.25. The molecular formula is C13H17BrN2O3. The van der Waals surface area contributed by atoms with Gasteiger partial charge >= 0.3 is 0 Å². The van der Waals surface area contributed by atoms with Crippen molar-refractivity contribution in [2.45, 2.75) is 38.8 Å². The number of halogens is 1. The summed E-state index contributed by atoms with van der Waals surface area (Å²) < 4.78 is 6.52. The van der Waals surface area contributed by atoms with Crippen LogP contribution in [0.25, 0.3) is 0 Å². The van der Waals surface area contributed by atoms with Gasteiger partial charge in [-0.3, -0.25) is 10.1 Å². The van der Waals surface area contributed by atoms with E-state index in [1.165, 1.54) is 12.1 Å². The summed E-state index contributed by atoms with van der Waals surface area (Å²) in [5.74, 6) is 0.512. The maximum atomic E-state index is 10.8. The first-order valence-electron chi connectivity index (χ1n) is 6.24. The molecule has 0 aliphatic heterocycles. The number of benzene rings is 1. The number of hydrogen-bond acceptors (Lipinski definition) is 4. The molecule has 2 rings (SSSR count). The quantitative estimate of drug-likeness (QED) is 0.679. The van der Waals surface area contributed by atoms with Crippen molar-refractivity contribution < 1.29 is 9.66 Å². The first-order chi connectivity index (χ1) is 8.86. The van der Waals surface area contributed by atoms with Crippen LogP contribution in [-0.2, 0) is 0 Å². The molecule has 2 N–H and O–H groups in total. The molecule has 0 radical (unpaired) electrons. The van der Waals surface area contributed by atoms with Crippen LogP contribution in [0.5, 0.6) is 5.75 Å². The summed E-state index contributed by atoms with van der Waals surface area (Å²) in [5, 5.41) is 10.8. The van der Waals surface area contributed by atoms with Crippen molar-refractivity contribution in [1.29, 1.82) is 0 Å². The third kappa shape index (κ3) is 2.60. The molecule has 0 amide bonds. The Balaban J connectivity index is 2.18. The molecule has 3 atom stereocenters. The molecule has 0 saturated heterocycles. The molecule has 1 fully saturated rings. The van der Waals surface area contributed by atoms with Gasteiger partial charge in [-0.25, -0.2) is 0 Å². The molecule has 1 aliphatic carbocycles. The lowest BCUT2D eigenvalue weighted by molar-refractivity contribution is -0.385. The van der Waals surface area contributed by atoms with Gasteiger partial charge in [-0.2, -0.15) is 0 Å². The van der Waals surface area contributed by atoms with E-state index in [2.05, 4.69) is 29.8 Å². The SMILES string of the molecule is CCC1(C)C(N)CC1Oc1cc(Br)cc([N+](=O)[O-])c1.